The van der Waals surface area contributed by atoms with E-state index in [2.05, 4.69) is 36.8 Å². The molecule has 1 aliphatic carbocycles. The van der Waals surface area contributed by atoms with E-state index in [9.17, 15) is 10.1 Å². The number of quaternary nitrogens is 1. The molecule has 138 valence electrons. The Balaban J connectivity index is 1.71. The minimum atomic E-state index is -0.176. The molecule has 2 atom stereocenters. The highest BCUT2D eigenvalue weighted by Gasteiger charge is 2.26. The number of rotatable bonds is 5. The van der Waals surface area contributed by atoms with Crippen LogP contribution in [0, 0.1) is 18.3 Å². The highest BCUT2D eigenvalue weighted by atomic mass is 32.1. The smallest absolute Gasteiger partial charge is 0.283 e. The third kappa shape index (κ3) is 4.01. The maximum atomic E-state index is 12.8. The molecular formula is C20H26N3OS2+. The molecule has 3 rings (SSSR count). The summed E-state index contributed by atoms with van der Waals surface area (Å²) in [5.74, 6) is -0.00961. The van der Waals surface area contributed by atoms with Crippen molar-refractivity contribution in [1.29, 1.82) is 5.26 Å². The van der Waals surface area contributed by atoms with Gasteiger partial charge >= 0.3 is 0 Å². The molecule has 0 radical (unpaired) electrons. The third-order valence-electron chi connectivity index (χ3n) is 5.31. The van der Waals surface area contributed by atoms with Crippen molar-refractivity contribution < 1.29 is 9.69 Å². The van der Waals surface area contributed by atoms with Gasteiger partial charge in [-0.1, -0.05) is 6.42 Å². The Kier molecular flexibility index (Phi) is 6.13. The Morgan fingerprint density at radius 2 is 2.15 bits per heavy atom. The molecule has 2 aromatic rings. The second-order valence-corrected chi connectivity index (χ2v) is 9.25. The van der Waals surface area contributed by atoms with Crippen LogP contribution < -0.4 is 10.2 Å². The molecule has 0 saturated heterocycles. The first-order valence-corrected chi connectivity index (χ1v) is 10.9. The lowest BCUT2D eigenvalue weighted by Crippen LogP contribution is -3.12. The highest BCUT2D eigenvalue weighted by molar-refractivity contribution is 7.16. The topological polar surface area (TPSA) is 57.3 Å². The van der Waals surface area contributed by atoms with Crippen molar-refractivity contribution in [2.75, 3.05) is 12.4 Å². The second kappa shape index (κ2) is 8.34. The summed E-state index contributed by atoms with van der Waals surface area (Å²) in [4.78, 5) is 16.6. The number of fused-ring (bicyclic) bond motifs is 1. The van der Waals surface area contributed by atoms with Gasteiger partial charge in [-0.3, -0.25) is 4.79 Å². The van der Waals surface area contributed by atoms with Gasteiger partial charge in [-0.05, 0) is 62.1 Å². The van der Waals surface area contributed by atoms with E-state index in [0.29, 0.717) is 5.56 Å². The van der Waals surface area contributed by atoms with Gasteiger partial charge in [0.05, 0.1) is 17.5 Å². The first-order valence-electron chi connectivity index (χ1n) is 9.22. The minimum Gasteiger partial charge on any atom is -0.323 e. The SMILES string of the molecule is Cc1ccsc1C[NH+](C)[C@H](C)C(=O)Nc1sc2c(c1C#N)CCCCC2. The van der Waals surface area contributed by atoms with E-state index in [-0.39, 0.29) is 11.9 Å². The molecule has 0 aliphatic heterocycles. The van der Waals surface area contributed by atoms with Crippen LogP contribution in [0.2, 0.25) is 0 Å². The fourth-order valence-electron chi connectivity index (χ4n) is 3.38. The number of nitrogens with zero attached hydrogens (tertiary/aromatic N) is 1. The summed E-state index contributed by atoms with van der Waals surface area (Å²) < 4.78 is 0. The predicted molar refractivity (Wildman–Crippen MR) is 108 cm³/mol. The summed E-state index contributed by atoms with van der Waals surface area (Å²) in [6.45, 7) is 4.91. The largest absolute Gasteiger partial charge is 0.323 e. The zero-order valence-electron chi connectivity index (χ0n) is 15.6. The number of aryl methyl sites for hydroxylation is 2. The van der Waals surface area contributed by atoms with Gasteiger partial charge < -0.3 is 10.2 Å². The zero-order valence-corrected chi connectivity index (χ0v) is 17.3. The van der Waals surface area contributed by atoms with E-state index in [4.69, 9.17) is 0 Å². The molecule has 0 fully saturated rings. The van der Waals surface area contributed by atoms with Crippen molar-refractivity contribution >= 4 is 33.6 Å². The molecule has 4 nitrogen and oxygen atoms in total. The quantitative estimate of drug-likeness (QED) is 0.772. The third-order valence-corrected chi connectivity index (χ3v) is 7.54. The Bertz CT molecular complexity index is 831. The molecule has 1 aliphatic rings. The van der Waals surface area contributed by atoms with E-state index >= 15 is 0 Å². The molecule has 1 unspecified atom stereocenters. The Morgan fingerprint density at radius 1 is 1.38 bits per heavy atom. The molecule has 2 aromatic heterocycles. The van der Waals surface area contributed by atoms with E-state index in [1.165, 1.54) is 33.7 Å². The van der Waals surface area contributed by atoms with Gasteiger partial charge in [0, 0.05) is 4.88 Å². The van der Waals surface area contributed by atoms with E-state index in [1.807, 2.05) is 6.92 Å². The lowest BCUT2D eigenvalue weighted by atomic mass is 10.1. The number of hydrogen-bond donors (Lipinski definition) is 2. The molecule has 6 heteroatoms. The van der Waals surface area contributed by atoms with Crippen LogP contribution in [0.4, 0.5) is 5.00 Å². The summed E-state index contributed by atoms with van der Waals surface area (Å²) in [7, 11) is 2.05. The summed E-state index contributed by atoms with van der Waals surface area (Å²) in [6.07, 6.45) is 5.53. The van der Waals surface area contributed by atoms with Crippen molar-refractivity contribution in [3.05, 3.63) is 37.9 Å². The van der Waals surface area contributed by atoms with Crippen molar-refractivity contribution in [2.24, 2.45) is 0 Å². The number of likely N-dealkylation sites (N-methyl/N-ethyl adjacent to an activating group) is 1. The Morgan fingerprint density at radius 3 is 2.85 bits per heavy atom. The van der Waals surface area contributed by atoms with E-state index in [1.54, 1.807) is 22.7 Å². The normalized spacial score (nSPS) is 16.2. The van der Waals surface area contributed by atoms with Gasteiger partial charge in [0.1, 0.15) is 17.6 Å². The van der Waals surface area contributed by atoms with Gasteiger partial charge in [0.2, 0.25) is 0 Å². The van der Waals surface area contributed by atoms with E-state index in [0.717, 1.165) is 35.7 Å². The number of carbonyl (C=O) groups is 1. The fourth-order valence-corrected chi connectivity index (χ4v) is 5.63. The van der Waals surface area contributed by atoms with Crippen molar-refractivity contribution in [3.63, 3.8) is 0 Å². The number of thiophene rings is 2. The van der Waals surface area contributed by atoms with Crippen molar-refractivity contribution in [1.82, 2.24) is 0 Å². The van der Waals surface area contributed by atoms with Crippen molar-refractivity contribution in [3.8, 4) is 6.07 Å². The van der Waals surface area contributed by atoms with Crippen LogP contribution in [0.25, 0.3) is 0 Å². The number of nitrogens with one attached hydrogen (secondary N) is 2. The van der Waals surface area contributed by atoms with Gasteiger partial charge in [0.15, 0.2) is 6.04 Å². The maximum absolute atomic E-state index is 12.8. The summed E-state index contributed by atoms with van der Waals surface area (Å²) in [6, 6.07) is 4.28. The first-order chi connectivity index (χ1) is 12.5. The van der Waals surface area contributed by atoms with Crippen LogP contribution in [0.15, 0.2) is 11.4 Å². The number of carbonyl (C=O) groups excluding carboxylic acids is 1. The Hall–Kier alpha value is -1.68. The molecule has 26 heavy (non-hydrogen) atoms. The molecule has 1 amide bonds. The average Bonchev–Trinajstić information content (AvgIpc) is 3.08. The van der Waals surface area contributed by atoms with Gasteiger partial charge in [-0.25, -0.2) is 0 Å². The summed E-state index contributed by atoms with van der Waals surface area (Å²) in [5, 5.41) is 15.5. The Labute approximate surface area is 163 Å². The summed E-state index contributed by atoms with van der Waals surface area (Å²) >= 11 is 3.35. The lowest BCUT2D eigenvalue weighted by molar-refractivity contribution is -0.907. The minimum absolute atomic E-state index is 0.00961. The molecule has 0 saturated carbocycles. The number of amides is 1. The fraction of sp³-hybridized carbons (Fsp3) is 0.500. The first kappa shape index (κ1) is 19.1. The number of nitriles is 1. The second-order valence-electron chi connectivity index (χ2n) is 7.14. The van der Waals surface area contributed by atoms with E-state index < -0.39 is 0 Å². The van der Waals surface area contributed by atoms with Gasteiger partial charge in [-0.2, -0.15) is 5.26 Å². The van der Waals surface area contributed by atoms with Crippen LogP contribution in [0.3, 0.4) is 0 Å². The van der Waals surface area contributed by atoms with Crippen LogP contribution in [0.1, 0.15) is 52.6 Å². The molecule has 0 spiro atoms. The molecular weight excluding hydrogens is 362 g/mol. The van der Waals surface area contributed by atoms with Crippen LogP contribution in [-0.2, 0) is 24.2 Å². The van der Waals surface area contributed by atoms with Crippen LogP contribution in [0.5, 0.6) is 0 Å². The zero-order chi connectivity index (χ0) is 18.7. The predicted octanol–water partition coefficient (Wildman–Crippen LogP) is 3.30. The van der Waals surface area contributed by atoms with Crippen molar-refractivity contribution in [2.45, 2.75) is 58.5 Å². The standard InChI is InChI=1S/C20H25N3OS2/c1-13-9-10-25-18(13)12-23(3)14(2)19(24)22-20-16(11-21)15-7-5-4-6-8-17(15)26-20/h9-10,14H,4-8,12H2,1-3H3,(H,22,24)/p+1/t14-/m1/s1. The number of hydrogen-bond acceptors (Lipinski definition) is 4. The molecule has 2 N–H and O–H groups in total. The lowest BCUT2D eigenvalue weighted by Gasteiger charge is -2.20. The van der Waals surface area contributed by atoms with Crippen LogP contribution in [-0.4, -0.2) is 19.0 Å². The van der Waals surface area contributed by atoms with Gasteiger partial charge in [-0.15, -0.1) is 22.7 Å². The monoisotopic (exact) mass is 388 g/mol. The molecule has 0 aromatic carbocycles. The molecule has 2 heterocycles. The molecule has 0 bridgehead atoms. The van der Waals surface area contributed by atoms with Gasteiger partial charge in [0.25, 0.3) is 5.91 Å². The van der Waals surface area contributed by atoms with Crippen LogP contribution >= 0.6 is 22.7 Å². The maximum Gasteiger partial charge on any atom is 0.283 e. The summed E-state index contributed by atoms with van der Waals surface area (Å²) in [5.41, 5.74) is 3.16. The average molecular weight is 389 g/mol. The highest BCUT2D eigenvalue weighted by Crippen LogP contribution is 2.36. The number of anilines is 1.